The van der Waals surface area contributed by atoms with Crippen molar-refractivity contribution in [1.29, 1.82) is 0 Å². The highest BCUT2D eigenvalue weighted by Crippen LogP contribution is 2.17. The van der Waals surface area contributed by atoms with Crippen molar-refractivity contribution in [3.63, 3.8) is 0 Å². The van der Waals surface area contributed by atoms with Crippen LogP contribution in [-0.4, -0.2) is 31.8 Å². The number of benzene rings is 1. The van der Waals surface area contributed by atoms with E-state index in [-0.39, 0.29) is 5.91 Å². The van der Waals surface area contributed by atoms with Crippen LogP contribution in [0.4, 0.5) is 0 Å². The number of hydrogen-bond acceptors (Lipinski definition) is 3. The third-order valence-corrected chi connectivity index (χ3v) is 3.39. The molecule has 5 heteroatoms. The molecule has 0 saturated carbocycles. The van der Waals surface area contributed by atoms with E-state index in [4.69, 9.17) is 9.47 Å². The normalized spacial score (nSPS) is 12.2. The summed E-state index contributed by atoms with van der Waals surface area (Å²) < 4.78 is 12.0. The predicted octanol–water partition coefficient (Wildman–Crippen LogP) is 3.40. The lowest BCUT2D eigenvalue weighted by atomic mass is 10.1. The Morgan fingerprint density at radius 3 is 2.71 bits per heavy atom. The Labute approximate surface area is 135 Å². The molecule has 0 spiro atoms. The fraction of sp³-hybridized carbons (Fsp3) is 0.562. The van der Waals surface area contributed by atoms with Crippen molar-refractivity contribution < 1.29 is 14.3 Å². The number of ether oxygens (including phenoxy) is 2. The quantitative estimate of drug-likeness (QED) is 0.689. The van der Waals surface area contributed by atoms with Crippen LogP contribution in [0.1, 0.15) is 27.2 Å². The van der Waals surface area contributed by atoms with Crippen molar-refractivity contribution in [2.24, 2.45) is 5.92 Å². The van der Waals surface area contributed by atoms with E-state index in [1.807, 2.05) is 24.3 Å². The zero-order valence-electron chi connectivity index (χ0n) is 12.9. The Kier molecular flexibility index (Phi) is 8.38. The van der Waals surface area contributed by atoms with Gasteiger partial charge in [-0.15, -0.1) is 0 Å². The Morgan fingerprint density at radius 1 is 1.29 bits per heavy atom. The van der Waals surface area contributed by atoms with Gasteiger partial charge in [-0.05, 0) is 37.5 Å². The summed E-state index contributed by atoms with van der Waals surface area (Å²) in [5, 5.41) is 2.80. The van der Waals surface area contributed by atoms with Crippen molar-refractivity contribution in [2.45, 2.75) is 33.3 Å². The van der Waals surface area contributed by atoms with E-state index in [2.05, 4.69) is 35.1 Å². The Morgan fingerprint density at radius 2 is 2.05 bits per heavy atom. The molecule has 1 atom stereocenters. The highest BCUT2D eigenvalue weighted by atomic mass is 79.9. The fourth-order valence-electron chi connectivity index (χ4n) is 1.60. The molecule has 0 bridgehead atoms. The van der Waals surface area contributed by atoms with Crippen LogP contribution in [0.2, 0.25) is 0 Å². The van der Waals surface area contributed by atoms with E-state index in [0.29, 0.717) is 25.7 Å². The van der Waals surface area contributed by atoms with Crippen molar-refractivity contribution in [1.82, 2.24) is 5.32 Å². The number of carbonyl (C=O) groups is 1. The largest absolute Gasteiger partial charge is 0.492 e. The minimum atomic E-state index is -0.422. The van der Waals surface area contributed by atoms with E-state index in [9.17, 15) is 4.79 Å². The maximum atomic E-state index is 11.8. The molecular weight excluding hydrogens is 334 g/mol. The first-order valence-corrected chi connectivity index (χ1v) is 8.06. The van der Waals surface area contributed by atoms with Crippen LogP contribution in [0.3, 0.4) is 0 Å². The molecule has 1 amide bonds. The molecule has 1 rings (SSSR count). The van der Waals surface area contributed by atoms with Gasteiger partial charge in [0, 0.05) is 11.1 Å². The lowest BCUT2D eigenvalue weighted by Gasteiger charge is -2.14. The molecule has 0 radical (unpaired) electrons. The number of nitrogens with one attached hydrogen (secondary N) is 1. The van der Waals surface area contributed by atoms with Crippen molar-refractivity contribution in [3.8, 4) is 5.75 Å². The third-order valence-electron chi connectivity index (χ3n) is 2.90. The summed E-state index contributed by atoms with van der Waals surface area (Å²) in [6.07, 6.45) is 0.540. The van der Waals surface area contributed by atoms with E-state index >= 15 is 0 Å². The Hall–Kier alpha value is -1.07. The van der Waals surface area contributed by atoms with E-state index in [0.717, 1.165) is 16.6 Å². The Bertz CT molecular complexity index is 437. The standard InChI is InChI=1S/C16H24BrNO3/c1-12(2)7-9-20-13(3)16(19)18-8-10-21-15-6-4-5-14(17)11-15/h4-6,11-13H,7-10H2,1-3H3,(H,18,19). The van der Waals surface area contributed by atoms with Crippen molar-refractivity contribution in [2.75, 3.05) is 19.8 Å². The summed E-state index contributed by atoms with van der Waals surface area (Å²) >= 11 is 3.38. The summed E-state index contributed by atoms with van der Waals surface area (Å²) in [6, 6.07) is 7.61. The minimum Gasteiger partial charge on any atom is -0.492 e. The van der Waals surface area contributed by atoms with Gasteiger partial charge < -0.3 is 14.8 Å². The molecule has 0 saturated heterocycles. The van der Waals surface area contributed by atoms with Crippen LogP contribution in [0.25, 0.3) is 0 Å². The highest BCUT2D eigenvalue weighted by molar-refractivity contribution is 9.10. The first-order valence-electron chi connectivity index (χ1n) is 7.26. The molecule has 0 fully saturated rings. The minimum absolute atomic E-state index is 0.100. The summed E-state index contributed by atoms with van der Waals surface area (Å²) in [4.78, 5) is 11.8. The SMILES string of the molecule is CC(C)CCOC(C)C(=O)NCCOc1cccc(Br)c1. The monoisotopic (exact) mass is 357 g/mol. The number of hydrogen-bond donors (Lipinski definition) is 1. The van der Waals surface area contributed by atoms with Crippen LogP contribution in [0.5, 0.6) is 5.75 Å². The fourth-order valence-corrected chi connectivity index (χ4v) is 1.98. The van der Waals surface area contributed by atoms with Crippen LogP contribution in [0.15, 0.2) is 28.7 Å². The van der Waals surface area contributed by atoms with Crippen LogP contribution >= 0.6 is 15.9 Å². The van der Waals surface area contributed by atoms with Gasteiger partial charge in [0.2, 0.25) is 5.91 Å². The zero-order chi connectivity index (χ0) is 15.7. The molecule has 118 valence electrons. The van der Waals surface area contributed by atoms with E-state index in [1.54, 1.807) is 6.92 Å². The second kappa shape index (κ2) is 9.79. The van der Waals surface area contributed by atoms with Gasteiger partial charge in [-0.2, -0.15) is 0 Å². The number of carbonyl (C=O) groups excluding carboxylic acids is 1. The second-order valence-electron chi connectivity index (χ2n) is 5.29. The molecular formula is C16H24BrNO3. The van der Waals surface area contributed by atoms with Crippen LogP contribution in [-0.2, 0) is 9.53 Å². The van der Waals surface area contributed by atoms with Crippen LogP contribution < -0.4 is 10.1 Å². The molecule has 0 heterocycles. The summed E-state index contributed by atoms with van der Waals surface area (Å²) in [7, 11) is 0. The molecule has 0 aliphatic heterocycles. The zero-order valence-corrected chi connectivity index (χ0v) is 14.5. The number of amides is 1. The molecule has 1 aromatic carbocycles. The lowest BCUT2D eigenvalue weighted by molar-refractivity contribution is -0.132. The predicted molar refractivity (Wildman–Crippen MR) is 87.5 cm³/mol. The summed E-state index contributed by atoms with van der Waals surface area (Å²) in [6.45, 7) is 7.54. The number of halogens is 1. The van der Waals surface area contributed by atoms with Gasteiger partial charge in [0.1, 0.15) is 18.5 Å². The average molecular weight is 358 g/mol. The van der Waals surface area contributed by atoms with Gasteiger partial charge in [-0.25, -0.2) is 0 Å². The molecule has 1 unspecified atom stereocenters. The first kappa shape index (κ1) is 18.0. The molecule has 21 heavy (non-hydrogen) atoms. The number of rotatable bonds is 9. The molecule has 1 aromatic rings. The Balaban J connectivity index is 2.15. The van der Waals surface area contributed by atoms with E-state index in [1.165, 1.54) is 0 Å². The van der Waals surface area contributed by atoms with Gasteiger partial charge >= 0.3 is 0 Å². The third kappa shape index (κ3) is 8.07. The van der Waals surface area contributed by atoms with Gasteiger partial charge in [-0.1, -0.05) is 35.8 Å². The summed E-state index contributed by atoms with van der Waals surface area (Å²) in [5.41, 5.74) is 0. The van der Waals surface area contributed by atoms with Gasteiger partial charge in [0.05, 0.1) is 6.54 Å². The maximum absolute atomic E-state index is 11.8. The van der Waals surface area contributed by atoms with Crippen molar-refractivity contribution >= 4 is 21.8 Å². The van der Waals surface area contributed by atoms with Gasteiger partial charge in [-0.3, -0.25) is 4.79 Å². The first-order chi connectivity index (χ1) is 9.99. The lowest BCUT2D eigenvalue weighted by Crippen LogP contribution is -2.37. The topological polar surface area (TPSA) is 47.6 Å². The average Bonchev–Trinajstić information content (AvgIpc) is 2.43. The van der Waals surface area contributed by atoms with Gasteiger partial charge in [0.25, 0.3) is 0 Å². The van der Waals surface area contributed by atoms with E-state index < -0.39 is 6.10 Å². The second-order valence-corrected chi connectivity index (χ2v) is 6.21. The molecule has 0 aromatic heterocycles. The molecule has 1 N–H and O–H groups in total. The summed E-state index contributed by atoms with van der Waals surface area (Å²) in [5.74, 6) is 1.26. The highest BCUT2D eigenvalue weighted by Gasteiger charge is 2.12. The van der Waals surface area contributed by atoms with Crippen molar-refractivity contribution in [3.05, 3.63) is 28.7 Å². The van der Waals surface area contributed by atoms with Crippen LogP contribution in [0, 0.1) is 5.92 Å². The smallest absolute Gasteiger partial charge is 0.248 e. The van der Waals surface area contributed by atoms with Gasteiger partial charge in [0.15, 0.2) is 0 Å². The molecule has 0 aliphatic rings. The maximum Gasteiger partial charge on any atom is 0.248 e. The molecule has 4 nitrogen and oxygen atoms in total. The molecule has 0 aliphatic carbocycles.